The molecule has 9 heteroatoms. The van der Waals surface area contributed by atoms with E-state index in [-0.39, 0.29) is 16.5 Å². The largest absolute Gasteiger partial charge is 0.488 e. The summed E-state index contributed by atoms with van der Waals surface area (Å²) in [6.45, 7) is 3.98. The molecule has 2 N–H and O–H groups in total. The second-order valence-electron chi connectivity index (χ2n) is 8.01. The first-order valence-corrected chi connectivity index (χ1v) is 11.9. The molecule has 0 spiro atoms. The number of benzene rings is 3. The van der Waals surface area contributed by atoms with E-state index in [0.29, 0.717) is 28.0 Å². The van der Waals surface area contributed by atoms with Crippen LogP contribution < -0.4 is 15.5 Å². The molecule has 0 bridgehead atoms. The minimum atomic E-state index is -0.831. The van der Waals surface area contributed by atoms with Crippen molar-refractivity contribution >= 4 is 52.8 Å². The first kappa shape index (κ1) is 26.5. The fraction of sp³-hybridized carbons (Fsp3) is 0.192. The van der Waals surface area contributed by atoms with Gasteiger partial charge in [0.25, 0.3) is 11.8 Å². The number of hydrazone groups is 1. The van der Waals surface area contributed by atoms with Gasteiger partial charge in [0.1, 0.15) is 18.4 Å². The van der Waals surface area contributed by atoms with Gasteiger partial charge < -0.3 is 10.1 Å². The van der Waals surface area contributed by atoms with Gasteiger partial charge in [-0.05, 0) is 53.9 Å². The summed E-state index contributed by atoms with van der Waals surface area (Å²) < 4.78 is 5.90. The van der Waals surface area contributed by atoms with Gasteiger partial charge in [0.05, 0.1) is 16.8 Å². The Kier molecular flexibility index (Phi) is 9.55. The Hall–Kier alpha value is -3.06. The van der Waals surface area contributed by atoms with E-state index in [1.165, 1.54) is 18.3 Å². The summed E-state index contributed by atoms with van der Waals surface area (Å²) in [5.74, 6) is -0.540. The van der Waals surface area contributed by atoms with Crippen LogP contribution in [0.3, 0.4) is 0 Å². The van der Waals surface area contributed by atoms with Crippen LogP contribution >= 0.6 is 34.8 Å². The number of para-hydroxylation sites is 1. The molecule has 0 aliphatic carbocycles. The standard InChI is InChI=1S/C26H24Cl3N3O3/c1-16(2)24(31-25(33)21-12-11-20(28)13-22(21)29)26(34)32-30-14-18-5-3-4-6-23(18)35-15-17-7-9-19(27)10-8-17/h3-14,16,24H,15H2,1-2H3,(H,31,33)(H,32,34)/b30-14+. The summed E-state index contributed by atoms with van der Waals surface area (Å²) in [5, 5.41) is 8.04. The molecule has 2 amide bonds. The zero-order chi connectivity index (χ0) is 25.4. The van der Waals surface area contributed by atoms with E-state index < -0.39 is 17.9 Å². The molecule has 0 aliphatic rings. The van der Waals surface area contributed by atoms with Crippen LogP contribution in [0.2, 0.25) is 15.1 Å². The fourth-order valence-corrected chi connectivity index (χ4v) is 3.74. The number of hydrogen-bond donors (Lipinski definition) is 2. The number of nitrogens with zero attached hydrogens (tertiary/aromatic N) is 1. The molecule has 6 nitrogen and oxygen atoms in total. The number of hydrogen-bond acceptors (Lipinski definition) is 4. The molecule has 0 saturated carbocycles. The van der Waals surface area contributed by atoms with E-state index in [4.69, 9.17) is 39.5 Å². The molecular weight excluding hydrogens is 509 g/mol. The molecule has 3 rings (SSSR count). The highest BCUT2D eigenvalue weighted by Crippen LogP contribution is 2.21. The number of halogens is 3. The molecule has 0 heterocycles. The van der Waals surface area contributed by atoms with E-state index in [9.17, 15) is 9.59 Å². The Morgan fingerprint density at radius 2 is 1.66 bits per heavy atom. The normalized spacial score (nSPS) is 11.9. The Morgan fingerprint density at radius 3 is 2.34 bits per heavy atom. The molecule has 1 atom stereocenters. The summed E-state index contributed by atoms with van der Waals surface area (Å²) >= 11 is 17.9. The number of carbonyl (C=O) groups excluding carboxylic acids is 2. The lowest BCUT2D eigenvalue weighted by Crippen LogP contribution is -2.48. The number of ether oxygens (including phenoxy) is 1. The van der Waals surface area contributed by atoms with Crippen molar-refractivity contribution in [2.75, 3.05) is 0 Å². The second-order valence-corrected chi connectivity index (χ2v) is 9.29. The van der Waals surface area contributed by atoms with Gasteiger partial charge in [0.2, 0.25) is 0 Å². The molecule has 35 heavy (non-hydrogen) atoms. The molecule has 0 fully saturated rings. The van der Waals surface area contributed by atoms with Crippen LogP contribution in [0.4, 0.5) is 0 Å². The van der Waals surface area contributed by atoms with Crippen LogP contribution in [0.25, 0.3) is 0 Å². The predicted molar refractivity (Wildman–Crippen MR) is 141 cm³/mol. The van der Waals surface area contributed by atoms with Crippen LogP contribution in [0.15, 0.2) is 71.8 Å². The molecule has 182 valence electrons. The van der Waals surface area contributed by atoms with E-state index in [1.807, 2.05) is 50.2 Å². The molecule has 0 radical (unpaired) electrons. The Labute approximate surface area is 219 Å². The highest BCUT2D eigenvalue weighted by Gasteiger charge is 2.25. The highest BCUT2D eigenvalue weighted by atomic mass is 35.5. The van der Waals surface area contributed by atoms with Crippen molar-refractivity contribution in [3.8, 4) is 5.75 Å². The van der Waals surface area contributed by atoms with E-state index in [1.54, 1.807) is 18.2 Å². The van der Waals surface area contributed by atoms with E-state index in [2.05, 4.69) is 15.8 Å². The minimum absolute atomic E-state index is 0.199. The van der Waals surface area contributed by atoms with Gasteiger partial charge in [-0.3, -0.25) is 9.59 Å². The van der Waals surface area contributed by atoms with Crippen molar-refractivity contribution in [2.45, 2.75) is 26.5 Å². The Morgan fingerprint density at radius 1 is 0.971 bits per heavy atom. The molecule has 3 aromatic carbocycles. The fourth-order valence-electron chi connectivity index (χ4n) is 3.12. The maximum atomic E-state index is 12.8. The summed E-state index contributed by atoms with van der Waals surface area (Å²) in [7, 11) is 0. The molecule has 1 unspecified atom stereocenters. The van der Waals surface area contributed by atoms with Crippen LogP contribution in [-0.2, 0) is 11.4 Å². The van der Waals surface area contributed by atoms with Crippen molar-refractivity contribution < 1.29 is 14.3 Å². The summed E-state index contributed by atoms with van der Waals surface area (Å²) in [5.41, 5.74) is 4.36. The van der Waals surface area contributed by atoms with Crippen molar-refractivity contribution in [2.24, 2.45) is 11.0 Å². The number of rotatable bonds is 9. The molecule has 0 aromatic heterocycles. The van der Waals surface area contributed by atoms with Gasteiger partial charge in [-0.25, -0.2) is 5.43 Å². The van der Waals surface area contributed by atoms with Crippen LogP contribution in [0.5, 0.6) is 5.75 Å². The predicted octanol–water partition coefficient (Wildman–Crippen LogP) is 6.13. The maximum Gasteiger partial charge on any atom is 0.262 e. The molecular formula is C26H24Cl3N3O3. The average molecular weight is 533 g/mol. The first-order chi connectivity index (χ1) is 16.7. The lowest BCUT2D eigenvalue weighted by Gasteiger charge is -2.20. The van der Waals surface area contributed by atoms with Crippen molar-refractivity contribution in [1.82, 2.24) is 10.7 Å². The number of amides is 2. The monoisotopic (exact) mass is 531 g/mol. The van der Waals surface area contributed by atoms with E-state index in [0.717, 1.165) is 5.56 Å². The van der Waals surface area contributed by atoms with Gasteiger partial charge in [-0.2, -0.15) is 5.10 Å². The Bertz CT molecular complexity index is 1210. The van der Waals surface area contributed by atoms with Crippen molar-refractivity contribution in [3.05, 3.63) is 98.5 Å². The average Bonchev–Trinajstić information content (AvgIpc) is 2.82. The van der Waals surface area contributed by atoms with Crippen LogP contribution in [-0.4, -0.2) is 24.1 Å². The minimum Gasteiger partial charge on any atom is -0.488 e. The quantitative estimate of drug-likeness (QED) is 0.257. The van der Waals surface area contributed by atoms with Gasteiger partial charge in [0, 0.05) is 15.6 Å². The third kappa shape index (κ3) is 7.72. The maximum absolute atomic E-state index is 12.8. The summed E-state index contributed by atoms with van der Waals surface area (Å²) in [6.07, 6.45) is 1.49. The van der Waals surface area contributed by atoms with Crippen LogP contribution in [0, 0.1) is 5.92 Å². The molecule has 0 saturated heterocycles. The van der Waals surface area contributed by atoms with Gasteiger partial charge in [0.15, 0.2) is 0 Å². The summed E-state index contributed by atoms with van der Waals surface area (Å²) in [4.78, 5) is 25.4. The number of carbonyl (C=O) groups is 2. The third-order valence-corrected chi connectivity index (χ3v) is 5.82. The molecule has 3 aromatic rings. The first-order valence-electron chi connectivity index (χ1n) is 10.8. The van der Waals surface area contributed by atoms with Crippen molar-refractivity contribution in [3.63, 3.8) is 0 Å². The zero-order valence-electron chi connectivity index (χ0n) is 19.1. The van der Waals surface area contributed by atoms with E-state index >= 15 is 0 Å². The highest BCUT2D eigenvalue weighted by molar-refractivity contribution is 6.36. The van der Waals surface area contributed by atoms with Crippen LogP contribution in [0.1, 0.15) is 35.3 Å². The smallest absolute Gasteiger partial charge is 0.262 e. The number of nitrogens with one attached hydrogen (secondary N) is 2. The third-order valence-electron chi connectivity index (χ3n) is 5.02. The Balaban J connectivity index is 1.63. The summed E-state index contributed by atoms with van der Waals surface area (Å²) in [6, 6.07) is 18.4. The van der Waals surface area contributed by atoms with Gasteiger partial charge in [-0.15, -0.1) is 0 Å². The SMILES string of the molecule is CC(C)C(NC(=O)c1ccc(Cl)cc1Cl)C(=O)N/N=C/c1ccccc1OCc1ccc(Cl)cc1. The zero-order valence-corrected chi connectivity index (χ0v) is 21.4. The van der Waals surface area contributed by atoms with Gasteiger partial charge in [-0.1, -0.05) is 72.9 Å². The van der Waals surface area contributed by atoms with Crippen molar-refractivity contribution in [1.29, 1.82) is 0 Å². The van der Waals surface area contributed by atoms with Gasteiger partial charge >= 0.3 is 0 Å². The lowest BCUT2D eigenvalue weighted by atomic mass is 10.0. The molecule has 0 aliphatic heterocycles. The lowest BCUT2D eigenvalue weighted by molar-refractivity contribution is -0.123. The second kappa shape index (κ2) is 12.6. The topological polar surface area (TPSA) is 79.8 Å².